The summed E-state index contributed by atoms with van der Waals surface area (Å²) < 4.78 is 4.74. The quantitative estimate of drug-likeness (QED) is 0.550. The Morgan fingerprint density at radius 1 is 1.20 bits per heavy atom. The first kappa shape index (κ1) is 19.4. The van der Waals surface area contributed by atoms with Gasteiger partial charge in [0.25, 0.3) is 0 Å². The van der Waals surface area contributed by atoms with E-state index in [9.17, 15) is 19.2 Å². The Morgan fingerprint density at radius 2 is 1.76 bits per heavy atom. The second-order valence-electron chi connectivity index (χ2n) is 7.03. The summed E-state index contributed by atoms with van der Waals surface area (Å²) in [5, 5.41) is 2.67. The van der Waals surface area contributed by atoms with Crippen LogP contribution in [0.25, 0.3) is 0 Å². The van der Waals surface area contributed by atoms with Crippen LogP contribution in [0.4, 0.5) is 0 Å². The minimum atomic E-state index is -0.713. The lowest BCUT2D eigenvalue weighted by Gasteiger charge is -2.22. The van der Waals surface area contributed by atoms with Crippen molar-refractivity contribution in [3.05, 3.63) is 0 Å². The van der Waals surface area contributed by atoms with Gasteiger partial charge in [0.2, 0.25) is 17.7 Å². The molecule has 0 unspecified atom stereocenters. The average molecular weight is 352 g/mol. The Labute approximate surface area is 148 Å². The Kier molecular flexibility index (Phi) is 6.56. The summed E-state index contributed by atoms with van der Waals surface area (Å²) >= 11 is 0. The van der Waals surface area contributed by atoms with E-state index in [1.165, 1.54) is 12.0 Å². The molecule has 1 heterocycles. The van der Waals surface area contributed by atoms with Crippen molar-refractivity contribution in [1.82, 2.24) is 10.2 Å². The van der Waals surface area contributed by atoms with Crippen molar-refractivity contribution in [3.63, 3.8) is 0 Å². The molecule has 1 saturated heterocycles. The molecule has 1 aliphatic heterocycles. The molecule has 2 rings (SSSR count). The van der Waals surface area contributed by atoms with Gasteiger partial charge in [-0.25, -0.2) is 4.79 Å². The van der Waals surface area contributed by atoms with Crippen molar-refractivity contribution < 1.29 is 23.9 Å². The van der Waals surface area contributed by atoms with E-state index >= 15 is 0 Å². The van der Waals surface area contributed by atoms with Crippen molar-refractivity contribution in [1.29, 1.82) is 0 Å². The molecule has 1 saturated carbocycles. The molecular weight excluding hydrogens is 324 g/mol. The summed E-state index contributed by atoms with van der Waals surface area (Å²) in [5.74, 6) is -1.59. The highest BCUT2D eigenvalue weighted by molar-refractivity contribution is 6.05. The molecule has 3 amide bonds. The van der Waals surface area contributed by atoms with Crippen molar-refractivity contribution in [3.8, 4) is 0 Å². The van der Waals surface area contributed by atoms with Gasteiger partial charge in [-0.2, -0.15) is 0 Å². The fraction of sp³-hybridized carbons (Fsp3) is 0.778. The first-order valence-electron chi connectivity index (χ1n) is 9.13. The van der Waals surface area contributed by atoms with E-state index in [4.69, 9.17) is 4.74 Å². The topological polar surface area (TPSA) is 92.8 Å². The minimum Gasteiger partial charge on any atom is -0.467 e. The molecule has 0 aromatic carbocycles. The van der Waals surface area contributed by atoms with Crippen LogP contribution in [0.5, 0.6) is 0 Å². The van der Waals surface area contributed by atoms with Gasteiger partial charge in [-0.3, -0.25) is 19.3 Å². The number of rotatable bonds is 7. The second-order valence-corrected chi connectivity index (χ2v) is 7.03. The van der Waals surface area contributed by atoms with E-state index in [2.05, 4.69) is 5.32 Å². The largest absolute Gasteiger partial charge is 0.467 e. The third-order valence-corrected chi connectivity index (χ3v) is 5.48. The van der Waals surface area contributed by atoms with Gasteiger partial charge in [-0.1, -0.05) is 33.1 Å². The second kappa shape index (κ2) is 8.45. The molecule has 0 aromatic heterocycles. The first-order valence-corrected chi connectivity index (χ1v) is 9.13. The fourth-order valence-corrected chi connectivity index (χ4v) is 3.71. The Balaban J connectivity index is 1.91. The van der Waals surface area contributed by atoms with Crippen LogP contribution >= 0.6 is 0 Å². The van der Waals surface area contributed by atoms with Crippen molar-refractivity contribution in [2.45, 2.75) is 58.4 Å². The normalized spacial score (nSPS) is 25.3. The van der Waals surface area contributed by atoms with Crippen LogP contribution in [-0.4, -0.2) is 48.3 Å². The highest BCUT2D eigenvalue weighted by Gasteiger charge is 2.47. The molecule has 0 bridgehead atoms. The van der Waals surface area contributed by atoms with E-state index in [0.29, 0.717) is 6.42 Å². The number of ether oxygens (including phenoxy) is 1. The number of likely N-dealkylation sites (tertiary alicyclic amines) is 1. The van der Waals surface area contributed by atoms with Crippen LogP contribution in [0.1, 0.15) is 52.4 Å². The number of nitrogens with zero attached hydrogens (tertiary/aromatic N) is 1. The Hall–Kier alpha value is -1.92. The molecule has 0 radical (unpaired) electrons. The maximum atomic E-state index is 12.4. The summed E-state index contributed by atoms with van der Waals surface area (Å²) in [6.07, 6.45) is 4.19. The highest BCUT2D eigenvalue weighted by Crippen LogP contribution is 2.37. The number of esters is 1. The number of amides is 3. The first-order chi connectivity index (χ1) is 11.9. The summed E-state index contributed by atoms with van der Waals surface area (Å²) in [4.78, 5) is 50.1. The van der Waals surface area contributed by atoms with Gasteiger partial charge in [0.15, 0.2) is 0 Å². The maximum absolute atomic E-state index is 12.4. The van der Waals surface area contributed by atoms with Crippen LogP contribution in [0.15, 0.2) is 0 Å². The third kappa shape index (κ3) is 4.19. The number of carbonyl (C=O) groups is 4. The lowest BCUT2D eigenvalue weighted by molar-refractivity contribution is -0.147. The number of fused-ring (bicyclic) bond motifs is 1. The van der Waals surface area contributed by atoms with E-state index < -0.39 is 12.0 Å². The average Bonchev–Trinajstić information content (AvgIpc) is 2.87. The summed E-state index contributed by atoms with van der Waals surface area (Å²) in [5.41, 5.74) is 0. The monoisotopic (exact) mass is 352 g/mol. The van der Waals surface area contributed by atoms with Gasteiger partial charge in [0.1, 0.15) is 6.04 Å². The van der Waals surface area contributed by atoms with E-state index in [0.717, 1.165) is 25.7 Å². The van der Waals surface area contributed by atoms with Gasteiger partial charge < -0.3 is 10.1 Å². The number of imide groups is 1. The molecule has 0 aromatic rings. The Morgan fingerprint density at radius 3 is 2.24 bits per heavy atom. The Bertz CT molecular complexity index is 524. The van der Waals surface area contributed by atoms with Gasteiger partial charge in [0.05, 0.1) is 18.9 Å². The lowest BCUT2D eigenvalue weighted by Crippen LogP contribution is -2.46. The molecule has 2 aliphatic rings. The predicted molar refractivity (Wildman–Crippen MR) is 90.2 cm³/mol. The number of hydrogen-bond donors (Lipinski definition) is 1. The van der Waals surface area contributed by atoms with E-state index in [1.54, 1.807) is 0 Å². The summed E-state index contributed by atoms with van der Waals surface area (Å²) in [6, 6.07) is -0.713. The van der Waals surface area contributed by atoms with Crippen LogP contribution in [0, 0.1) is 17.8 Å². The van der Waals surface area contributed by atoms with Crippen LogP contribution < -0.4 is 5.32 Å². The molecule has 25 heavy (non-hydrogen) atoms. The zero-order valence-corrected chi connectivity index (χ0v) is 15.2. The molecular formula is C18H28N2O5. The highest BCUT2D eigenvalue weighted by atomic mass is 16.5. The number of methoxy groups -OCH3 is 1. The van der Waals surface area contributed by atoms with Gasteiger partial charge >= 0.3 is 5.97 Å². The standard InChI is InChI=1S/C18H28N2O5/c1-4-11(2)15(18(24)25-3)19-14(21)9-10-20-16(22)12-7-5-6-8-13(12)17(20)23/h11-13,15H,4-10H2,1-3H3,(H,19,21)/t11-,12-,13+,15+/m0/s1. The predicted octanol–water partition coefficient (Wildman–Crippen LogP) is 1.26. The smallest absolute Gasteiger partial charge is 0.328 e. The number of hydrogen-bond acceptors (Lipinski definition) is 5. The minimum absolute atomic E-state index is 0.000842. The van der Waals surface area contributed by atoms with Crippen LogP contribution in [-0.2, 0) is 23.9 Å². The molecule has 1 N–H and O–H groups in total. The van der Waals surface area contributed by atoms with Gasteiger partial charge in [-0.05, 0) is 18.8 Å². The van der Waals surface area contributed by atoms with Crippen LogP contribution in [0.3, 0.4) is 0 Å². The molecule has 7 heteroatoms. The van der Waals surface area contributed by atoms with Gasteiger partial charge in [0, 0.05) is 13.0 Å². The van der Waals surface area contributed by atoms with Gasteiger partial charge in [-0.15, -0.1) is 0 Å². The molecule has 7 nitrogen and oxygen atoms in total. The van der Waals surface area contributed by atoms with Crippen LogP contribution in [0.2, 0.25) is 0 Å². The zero-order chi connectivity index (χ0) is 18.6. The molecule has 4 atom stereocenters. The SMILES string of the molecule is CC[C@H](C)[C@@H](NC(=O)CCN1C(=O)[C@H]2CCCC[C@H]2C1=O)C(=O)OC. The summed E-state index contributed by atoms with van der Waals surface area (Å²) in [7, 11) is 1.28. The fourth-order valence-electron chi connectivity index (χ4n) is 3.71. The van der Waals surface area contributed by atoms with Crippen molar-refractivity contribution >= 4 is 23.7 Å². The van der Waals surface area contributed by atoms with Crippen molar-refractivity contribution in [2.24, 2.45) is 17.8 Å². The molecule has 0 spiro atoms. The molecule has 1 aliphatic carbocycles. The summed E-state index contributed by atoms with van der Waals surface area (Å²) in [6.45, 7) is 3.86. The van der Waals surface area contributed by atoms with E-state index in [-0.39, 0.29) is 48.4 Å². The number of carbonyl (C=O) groups excluding carboxylic acids is 4. The maximum Gasteiger partial charge on any atom is 0.328 e. The molecule has 2 fully saturated rings. The lowest BCUT2D eigenvalue weighted by atomic mass is 9.81. The van der Waals surface area contributed by atoms with Crippen molar-refractivity contribution in [2.75, 3.05) is 13.7 Å². The van der Waals surface area contributed by atoms with E-state index in [1.807, 2.05) is 13.8 Å². The zero-order valence-electron chi connectivity index (χ0n) is 15.2. The molecule has 140 valence electrons. The number of nitrogens with one attached hydrogen (secondary N) is 1. The third-order valence-electron chi connectivity index (χ3n) is 5.48.